The van der Waals surface area contributed by atoms with Crippen LogP contribution in [-0.2, 0) is 32.0 Å². The smallest absolute Gasteiger partial charge is 0.340 e. The maximum atomic E-state index is 15.1. The van der Waals surface area contributed by atoms with Gasteiger partial charge in [-0.1, -0.05) is 93.6 Å². The number of carbonyl (C=O) groups excluding carboxylic acids is 2. The summed E-state index contributed by atoms with van der Waals surface area (Å²) in [6.45, 7) is 4.04. The summed E-state index contributed by atoms with van der Waals surface area (Å²) in [4.78, 5) is 29.9. The molecule has 4 N–H and O–H groups in total. The molecule has 0 aromatic heterocycles. The van der Waals surface area contributed by atoms with Gasteiger partial charge in [-0.05, 0) is 190 Å². The molecule has 7 unspecified atom stereocenters. The summed E-state index contributed by atoms with van der Waals surface area (Å²) < 4.78 is 13.2. The van der Waals surface area contributed by atoms with Crippen molar-refractivity contribution in [3.8, 4) is 16.9 Å². The number of fused-ring (bicyclic) bond motifs is 1. The van der Waals surface area contributed by atoms with Gasteiger partial charge in [-0.2, -0.15) is 0 Å². The van der Waals surface area contributed by atoms with Gasteiger partial charge in [-0.15, -0.1) is 0 Å². The number of benzene rings is 3. The molecule has 3 aromatic carbocycles. The van der Waals surface area contributed by atoms with E-state index in [1.54, 1.807) is 6.07 Å². The van der Waals surface area contributed by atoms with E-state index < -0.39 is 5.41 Å². The number of ether oxygens (including phenoxy) is 2. The third-order valence-corrected chi connectivity index (χ3v) is 18.2. The molecule has 9 aliphatic rings. The molecule has 8 heteroatoms. The first-order valence-electron chi connectivity index (χ1n) is 26.2. The molecule has 3 heterocycles. The van der Waals surface area contributed by atoms with Crippen molar-refractivity contribution >= 4 is 17.5 Å². The van der Waals surface area contributed by atoms with Gasteiger partial charge in [0.05, 0.1) is 17.2 Å². The van der Waals surface area contributed by atoms with Crippen molar-refractivity contribution in [2.45, 2.75) is 141 Å². The number of phenols is 1. The van der Waals surface area contributed by atoms with Gasteiger partial charge in [0, 0.05) is 29.7 Å². The standard InChI is InChI=1S/C59H71N3O5/c1-3-37(31-38-13-6-4-7-14-38)33-50-59-29-23-45(46-21-22-47-49(66-56(64)53(47)54(46)59)24-28-58(26-10-11-27-58)41-25-30-61-51(34-41)60-2)52(55(59)57(65)67-50)48-35-43(63)19-20-44(48)40-16-12-15-39(32-40)36-62-42-17-8-5-9-18-42/h4,6-7,12-16,19-20,24,32-33,35,37,41-42,45-46,51,54,60-63H,3,5,8-11,17-18,21-23,25-31,34,36H2,1-2H3. The number of hydrogen-bond donors (Lipinski definition) is 4. The monoisotopic (exact) mass is 902 g/mol. The van der Waals surface area contributed by atoms with Crippen LogP contribution in [0.15, 0.2) is 113 Å². The molecule has 0 amide bonds. The Bertz CT molecular complexity index is 2510. The summed E-state index contributed by atoms with van der Waals surface area (Å²) in [5.74, 6) is 1.74. The van der Waals surface area contributed by atoms with Crippen LogP contribution in [0.2, 0.25) is 0 Å². The fourth-order valence-corrected chi connectivity index (χ4v) is 14.9. The van der Waals surface area contributed by atoms with Gasteiger partial charge in [-0.3, -0.25) is 0 Å². The average Bonchev–Trinajstić information content (AvgIpc) is 4.07. The molecular formula is C59H71N3O5. The zero-order valence-electron chi connectivity index (χ0n) is 39.8. The molecule has 1 spiro atoms. The molecule has 5 fully saturated rings. The van der Waals surface area contributed by atoms with Crippen molar-refractivity contribution in [1.82, 2.24) is 16.0 Å². The number of carbonyl (C=O) groups is 2. The van der Waals surface area contributed by atoms with E-state index in [1.165, 1.54) is 75.3 Å². The van der Waals surface area contributed by atoms with Crippen molar-refractivity contribution in [2.24, 2.45) is 40.4 Å². The number of hydrogen-bond acceptors (Lipinski definition) is 8. The van der Waals surface area contributed by atoms with Gasteiger partial charge in [0.2, 0.25) is 0 Å². The first-order valence-corrected chi connectivity index (χ1v) is 26.2. The van der Waals surface area contributed by atoms with Crippen molar-refractivity contribution in [2.75, 3.05) is 13.6 Å². The molecule has 3 aromatic rings. The summed E-state index contributed by atoms with van der Waals surface area (Å²) in [6.07, 6.45) is 24.4. The van der Waals surface area contributed by atoms with Gasteiger partial charge in [0.1, 0.15) is 17.3 Å². The van der Waals surface area contributed by atoms with Crippen LogP contribution in [0, 0.1) is 40.4 Å². The predicted molar refractivity (Wildman–Crippen MR) is 264 cm³/mol. The zero-order chi connectivity index (χ0) is 45.7. The molecule has 8 nitrogen and oxygen atoms in total. The van der Waals surface area contributed by atoms with Crippen LogP contribution >= 0.6 is 0 Å². The normalized spacial score (nSPS) is 30.7. The number of aromatic hydroxyl groups is 1. The number of nitrogens with one attached hydrogen (secondary N) is 3. The Labute approximate surface area is 398 Å². The predicted octanol–water partition coefficient (Wildman–Crippen LogP) is 11.6. The molecule has 352 valence electrons. The second kappa shape index (κ2) is 18.6. The molecule has 3 saturated carbocycles. The molecule has 12 rings (SSSR count). The minimum Gasteiger partial charge on any atom is -0.508 e. The number of allylic oxidation sites excluding steroid dienone is 5. The number of rotatable bonds is 13. The Morgan fingerprint density at radius 3 is 2.46 bits per heavy atom. The van der Waals surface area contributed by atoms with Crippen LogP contribution in [-0.4, -0.2) is 42.8 Å². The highest BCUT2D eigenvalue weighted by Gasteiger charge is 2.68. The lowest BCUT2D eigenvalue weighted by molar-refractivity contribution is -0.135. The summed E-state index contributed by atoms with van der Waals surface area (Å²) >= 11 is 0. The lowest BCUT2D eigenvalue weighted by Crippen LogP contribution is -2.52. The van der Waals surface area contributed by atoms with Gasteiger partial charge >= 0.3 is 11.9 Å². The zero-order valence-corrected chi connectivity index (χ0v) is 39.8. The maximum Gasteiger partial charge on any atom is 0.340 e. The highest BCUT2D eigenvalue weighted by molar-refractivity contribution is 6.07. The summed E-state index contributed by atoms with van der Waals surface area (Å²) in [5, 5.41) is 22.3. The number of esters is 2. The lowest BCUT2D eigenvalue weighted by Gasteiger charge is -2.56. The Morgan fingerprint density at radius 1 is 0.836 bits per heavy atom. The Hall–Kier alpha value is -4.76. The summed E-state index contributed by atoms with van der Waals surface area (Å²) in [5.41, 5.74) is 8.40. The second-order valence-electron chi connectivity index (χ2n) is 21.7. The largest absolute Gasteiger partial charge is 0.508 e. The van der Waals surface area contributed by atoms with Gasteiger partial charge < -0.3 is 30.5 Å². The third-order valence-electron chi connectivity index (χ3n) is 18.2. The number of cyclic esters (lactones) is 2. The topological polar surface area (TPSA) is 109 Å². The average molecular weight is 902 g/mol. The second-order valence-corrected chi connectivity index (χ2v) is 21.7. The summed E-state index contributed by atoms with van der Waals surface area (Å²) in [6, 6.07) is 25.6. The molecule has 3 aliphatic heterocycles. The molecule has 67 heavy (non-hydrogen) atoms. The molecular weight excluding hydrogens is 831 g/mol. The molecule has 2 saturated heterocycles. The van der Waals surface area contributed by atoms with Crippen LogP contribution in [0.5, 0.6) is 5.75 Å². The lowest BCUT2D eigenvalue weighted by atomic mass is 9.44. The fraction of sp³-hybridized carbons (Fsp3) is 0.525. The van der Waals surface area contributed by atoms with E-state index in [4.69, 9.17) is 9.47 Å². The number of phenolic OH excluding ortho intramolecular Hbond substituents is 1. The van der Waals surface area contributed by atoms with E-state index in [0.717, 1.165) is 104 Å². The highest BCUT2D eigenvalue weighted by atomic mass is 16.5. The van der Waals surface area contributed by atoms with Crippen LogP contribution in [0.25, 0.3) is 16.7 Å². The first kappa shape index (κ1) is 44.7. The van der Waals surface area contributed by atoms with Crippen LogP contribution in [0.1, 0.15) is 133 Å². The first-order chi connectivity index (χ1) is 32.8. The molecule has 0 radical (unpaired) electrons. The molecule has 6 aliphatic carbocycles. The number of piperidine rings is 1. The van der Waals surface area contributed by atoms with Crippen LogP contribution in [0.4, 0.5) is 0 Å². The van der Waals surface area contributed by atoms with E-state index >= 15 is 4.79 Å². The van der Waals surface area contributed by atoms with Crippen molar-refractivity contribution in [3.05, 3.63) is 130 Å². The van der Waals surface area contributed by atoms with Crippen LogP contribution < -0.4 is 16.0 Å². The van der Waals surface area contributed by atoms with Crippen molar-refractivity contribution in [3.63, 3.8) is 0 Å². The van der Waals surface area contributed by atoms with Gasteiger partial charge in [0.25, 0.3) is 0 Å². The Balaban J connectivity index is 1.02. The SMILES string of the molecule is CCC(C=C1OC(=O)C2=C(c3cc(O)ccc3-c3cccc(CNC4CCCCC4)c3)C3CCC12C1C2=C(CCC31)C(=CCC1(C3CCNC(NC)C3)CCCC1)OC2=O)Cc1ccccc1. The van der Waals surface area contributed by atoms with E-state index in [-0.39, 0.29) is 46.8 Å². The molecule has 2 bridgehead atoms. The van der Waals surface area contributed by atoms with Gasteiger partial charge in [0.15, 0.2) is 0 Å². The fourth-order valence-electron chi connectivity index (χ4n) is 14.9. The quantitative estimate of drug-likeness (QED) is 0.126. The van der Waals surface area contributed by atoms with Crippen molar-refractivity contribution < 1.29 is 24.2 Å². The van der Waals surface area contributed by atoms with Crippen molar-refractivity contribution in [1.29, 1.82) is 0 Å². The summed E-state index contributed by atoms with van der Waals surface area (Å²) in [7, 11) is 2.06. The Kier molecular flexibility index (Phi) is 12.4. The highest BCUT2D eigenvalue weighted by Crippen LogP contribution is 2.72. The van der Waals surface area contributed by atoms with Gasteiger partial charge in [-0.25, -0.2) is 9.59 Å². The van der Waals surface area contributed by atoms with E-state index in [9.17, 15) is 9.90 Å². The minimum atomic E-state index is -0.830. The molecule has 7 atom stereocenters. The maximum absolute atomic E-state index is 15.1. The van der Waals surface area contributed by atoms with Crippen LogP contribution in [0.3, 0.4) is 0 Å². The van der Waals surface area contributed by atoms with E-state index in [1.807, 2.05) is 12.1 Å². The minimum absolute atomic E-state index is 0.00781. The van der Waals surface area contributed by atoms with E-state index in [0.29, 0.717) is 29.5 Å². The Morgan fingerprint density at radius 2 is 1.66 bits per heavy atom. The van der Waals surface area contributed by atoms with E-state index in [2.05, 4.69) is 96.7 Å². The third kappa shape index (κ3) is 8.07.